The smallest absolute Gasteiger partial charge is 0.168 e. The van der Waals surface area contributed by atoms with Crippen LogP contribution in [0.3, 0.4) is 0 Å². The zero-order valence-corrected chi connectivity index (χ0v) is 11.0. The lowest BCUT2D eigenvalue weighted by Gasteiger charge is -2.09. The lowest BCUT2D eigenvalue weighted by atomic mass is 9.99. The third kappa shape index (κ3) is 2.49. The van der Waals surface area contributed by atoms with E-state index in [0.29, 0.717) is 5.73 Å². The van der Waals surface area contributed by atoms with Gasteiger partial charge in [-0.15, -0.1) is 0 Å². The summed E-state index contributed by atoms with van der Waals surface area (Å²) in [7, 11) is 7.55. The third-order valence-electron chi connectivity index (χ3n) is 3.45. The molecule has 2 radical (unpaired) electrons. The Balaban J connectivity index is 2.11. The van der Waals surface area contributed by atoms with Gasteiger partial charge < -0.3 is 5.43 Å². The average Bonchev–Trinajstić information content (AvgIpc) is 3.24. The number of amidine groups is 1. The van der Waals surface area contributed by atoms with Crippen LogP contribution in [0, 0.1) is 0 Å². The van der Waals surface area contributed by atoms with Crippen LogP contribution in [-0.4, -0.2) is 20.6 Å². The first-order valence-electron chi connectivity index (χ1n) is 6.58. The van der Waals surface area contributed by atoms with Crippen molar-refractivity contribution in [1.82, 2.24) is 10.9 Å². The number of benzene rings is 2. The van der Waals surface area contributed by atoms with Crippen molar-refractivity contribution in [2.24, 2.45) is 4.99 Å². The van der Waals surface area contributed by atoms with Crippen LogP contribution in [0.15, 0.2) is 41.4 Å². The molecule has 1 aliphatic rings. The molecule has 1 saturated carbocycles. The van der Waals surface area contributed by atoms with Crippen LogP contribution in [0.5, 0.6) is 0 Å². The van der Waals surface area contributed by atoms with E-state index in [1.54, 1.807) is 7.05 Å². The van der Waals surface area contributed by atoms with Gasteiger partial charge in [0.1, 0.15) is 0 Å². The number of hydrogen-bond acceptors (Lipinski definition) is 2. The number of nitrogens with zero attached hydrogens (tertiary/aromatic N) is 1. The summed E-state index contributed by atoms with van der Waals surface area (Å²) in [5.41, 5.74) is 8.27. The van der Waals surface area contributed by atoms with Gasteiger partial charge in [-0.1, -0.05) is 30.3 Å². The number of fused-ring (bicyclic) bond motifs is 1. The molecule has 0 aromatic heterocycles. The molecular formula is C15H16BN3. The summed E-state index contributed by atoms with van der Waals surface area (Å²) in [5, 5.41) is 2.45. The molecule has 1 fully saturated rings. The zero-order valence-electron chi connectivity index (χ0n) is 11.0. The van der Waals surface area contributed by atoms with Crippen LogP contribution in [0.25, 0.3) is 10.8 Å². The molecule has 4 heteroatoms. The highest BCUT2D eigenvalue weighted by molar-refractivity contribution is 6.59. The van der Waals surface area contributed by atoms with Crippen LogP contribution in [-0.2, 0) is 0 Å². The van der Waals surface area contributed by atoms with E-state index in [2.05, 4.69) is 46.2 Å². The van der Waals surface area contributed by atoms with Gasteiger partial charge in [-0.05, 0) is 35.8 Å². The predicted molar refractivity (Wildman–Crippen MR) is 81.0 cm³/mol. The van der Waals surface area contributed by atoms with Crippen molar-refractivity contribution in [2.75, 3.05) is 7.05 Å². The number of hydrazine groups is 1. The Hall–Kier alpha value is -1.81. The maximum atomic E-state index is 5.79. The number of rotatable bonds is 3. The largest absolute Gasteiger partial charge is 0.319 e. The minimum Gasteiger partial charge on any atom is -0.319 e. The molecule has 0 amide bonds. The van der Waals surface area contributed by atoms with E-state index in [1.165, 1.54) is 23.8 Å². The maximum Gasteiger partial charge on any atom is 0.168 e. The van der Waals surface area contributed by atoms with E-state index >= 15 is 0 Å². The maximum absolute atomic E-state index is 5.79. The van der Waals surface area contributed by atoms with Crippen molar-refractivity contribution < 1.29 is 0 Å². The minimum absolute atomic E-state index is 0.367. The number of aliphatic imine (C=N–C) groups is 1. The van der Waals surface area contributed by atoms with E-state index in [9.17, 15) is 0 Å². The molecule has 2 aromatic rings. The van der Waals surface area contributed by atoms with Gasteiger partial charge in [0, 0.05) is 12.4 Å². The van der Waals surface area contributed by atoms with E-state index in [1.807, 2.05) is 6.07 Å². The van der Waals surface area contributed by atoms with Crippen molar-refractivity contribution in [2.45, 2.75) is 18.8 Å². The van der Waals surface area contributed by atoms with Gasteiger partial charge in [0.05, 0.1) is 11.4 Å². The van der Waals surface area contributed by atoms with Gasteiger partial charge in [0.15, 0.2) is 7.85 Å². The molecule has 0 spiro atoms. The molecule has 94 valence electrons. The second-order valence-electron chi connectivity index (χ2n) is 4.87. The van der Waals surface area contributed by atoms with Crippen LogP contribution in [0.4, 0.5) is 5.69 Å². The molecule has 19 heavy (non-hydrogen) atoms. The average molecular weight is 249 g/mol. The van der Waals surface area contributed by atoms with Gasteiger partial charge in [-0.2, -0.15) is 0 Å². The van der Waals surface area contributed by atoms with Crippen LogP contribution >= 0.6 is 0 Å². The fourth-order valence-electron chi connectivity index (χ4n) is 2.44. The molecule has 3 rings (SSSR count). The molecule has 0 aliphatic heterocycles. The van der Waals surface area contributed by atoms with Crippen molar-refractivity contribution in [3.05, 3.63) is 42.0 Å². The third-order valence-corrected chi connectivity index (χ3v) is 3.45. The molecule has 3 nitrogen and oxygen atoms in total. The molecular weight excluding hydrogens is 233 g/mol. The predicted octanol–water partition coefficient (Wildman–Crippen LogP) is 2.60. The Labute approximate surface area is 114 Å². The second-order valence-corrected chi connectivity index (χ2v) is 4.87. The summed E-state index contributed by atoms with van der Waals surface area (Å²) in [6.45, 7) is 0. The summed E-state index contributed by atoms with van der Waals surface area (Å²) in [4.78, 5) is 4.42. The lowest BCUT2D eigenvalue weighted by Crippen LogP contribution is -2.34. The van der Waals surface area contributed by atoms with Gasteiger partial charge in [-0.25, -0.2) is 10.4 Å². The molecule has 0 saturated heterocycles. The second kappa shape index (κ2) is 5.06. The van der Waals surface area contributed by atoms with Crippen LogP contribution in [0.1, 0.15) is 24.3 Å². The SMILES string of the molecule is [B]C(=Nc1ccc(C2CC2)c2ccccc12)NNC. The topological polar surface area (TPSA) is 36.4 Å². The lowest BCUT2D eigenvalue weighted by molar-refractivity contribution is 0.777. The Morgan fingerprint density at radius 3 is 2.58 bits per heavy atom. The standard InChI is InChI=1S/C15H16BN3/c1-17-19-15(16)18-14-9-8-11(10-6-7-10)12-4-2-3-5-13(12)14/h2-5,8-10,17H,6-7H2,1H3,(H,18,19). The highest BCUT2D eigenvalue weighted by atomic mass is 15.4. The van der Waals surface area contributed by atoms with Crippen molar-refractivity contribution in [3.8, 4) is 0 Å². The van der Waals surface area contributed by atoms with Crippen molar-refractivity contribution >= 4 is 30.0 Å². The molecule has 0 bridgehead atoms. The fraction of sp³-hybridized carbons (Fsp3) is 0.267. The molecule has 0 unspecified atom stereocenters. The van der Waals surface area contributed by atoms with E-state index < -0.39 is 0 Å². The summed E-state index contributed by atoms with van der Waals surface area (Å²) >= 11 is 0. The molecule has 0 heterocycles. The van der Waals surface area contributed by atoms with E-state index in [0.717, 1.165) is 17.0 Å². The minimum atomic E-state index is 0.367. The Kier molecular flexibility index (Phi) is 3.26. The summed E-state index contributed by atoms with van der Waals surface area (Å²) in [5.74, 6) is 0.732. The quantitative estimate of drug-likeness (QED) is 0.379. The summed E-state index contributed by atoms with van der Waals surface area (Å²) in [6, 6.07) is 12.6. The summed E-state index contributed by atoms with van der Waals surface area (Å²) in [6.07, 6.45) is 2.60. The van der Waals surface area contributed by atoms with Gasteiger partial charge in [0.25, 0.3) is 0 Å². The van der Waals surface area contributed by atoms with Crippen molar-refractivity contribution in [1.29, 1.82) is 0 Å². The Morgan fingerprint density at radius 2 is 1.89 bits per heavy atom. The van der Waals surface area contributed by atoms with Crippen LogP contribution in [0.2, 0.25) is 0 Å². The van der Waals surface area contributed by atoms with Crippen LogP contribution < -0.4 is 10.9 Å². The van der Waals surface area contributed by atoms with Crippen molar-refractivity contribution in [3.63, 3.8) is 0 Å². The zero-order chi connectivity index (χ0) is 13.2. The Bertz CT molecular complexity index is 632. The summed E-state index contributed by atoms with van der Waals surface area (Å²) < 4.78 is 0. The first-order chi connectivity index (χ1) is 9.29. The first kappa shape index (κ1) is 12.2. The normalized spacial score (nSPS) is 15.7. The highest BCUT2D eigenvalue weighted by Crippen LogP contribution is 2.44. The molecule has 0 atom stereocenters. The molecule has 2 N–H and O–H groups in total. The van der Waals surface area contributed by atoms with Gasteiger partial charge >= 0.3 is 0 Å². The van der Waals surface area contributed by atoms with E-state index in [-0.39, 0.29) is 0 Å². The fourth-order valence-corrected chi connectivity index (χ4v) is 2.44. The van der Waals surface area contributed by atoms with Gasteiger partial charge in [0.2, 0.25) is 0 Å². The molecule has 1 aliphatic carbocycles. The van der Waals surface area contributed by atoms with Gasteiger partial charge in [-0.3, -0.25) is 0 Å². The number of hydrogen-bond donors (Lipinski definition) is 2. The van der Waals surface area contributed by atoms with E-state index in [4.69, 9.17) is 7.85 Å². The highest BCUT2D eigenvalue weighted by Gasteiger charge is 2.25. The monoisotopic (exact) mass is 249 g/mol. The Morgan fingerprint density at radius 1 is 1.16 bits per heavy atom. The number of nitrogens with one attached hydrogen (secondary N) is 2. The first-order valence-corrected chi connectivity index (χ1v) is 6.58. The molecule has 2 aromatic carbocycles.